The van der Waals surface area contributed by atoms with E-state index in [1.807, 2.05) is 19.3 Å². The van der Waals surface area contributed by atoms with Crippen LogP contribution in [0.1, 0.15) is 19.5 Å². The van der Waals surface area contributed by atoms with Crippen molar-refractivity contribution >= 4 is 0 Å². The fraction of sp³-hybridized carbons (Fsp3) is 0.600. The molecule has 0 fully saturated rings. The van der Waals surface area contributed by atoms with Crippen LogP contribution in [0.5, 0.6) is 0 Å². The smallest absolute Gasteiger partial charge is 0.0452 e. The Morgan fingerprint density at radius 2 is 2.23 bits per heavy atom. The fourth-order valence-corrected chi connectivity index (χ4v) is 1.35. The van der Waals surface area contributed by atoms with Crippen LogP contribution in [-0.2, 0) is 5.41 Å². The second kappa shape index (κ2) is 4.44. The summed E-state index contributed by atoms with van der Waals surface area (Å²) in [6.45, 7) is 6.27. The molecule has 0 unspecified atom stereocenters. The third kappa shape index (κ3) is 2.86. The first-order valence-electron chi connectivity index (χ1n) is 4.66. The second-order valence-electron chi connectivity index (χ2n) is 3.92. The van der Waals surface area contributed by atoms with Gasteiger partial charge in [0.2, 0.25) is 0 Å². The lowest BCUT2D eigenvalue weighted by atomic mass is 9.89. The average molecular weight is 181 g/mol. The lowest BCUT2D eigenvalue weighted by Crippen LogP contribution is -2.37. The molecule has 0 radical (unpaired) electrons. The third-order valence-corrected chi connectivity index (χ3v) is 2.20. The maximum Gasteiger partial charge on any atom is 0.0452 e. The molecule has 0 aliphatic rings. The van der Waals surface area contributed by atoms with Crippen LogP contribution in [0.4, 0.5) is 0 Å². The Balaban J connectivity index is 2.46. The molecule has 1 aromatic heterocycles. The molecule has 0 bridgehead atoms. The van der Waals surface area contributed by atoms with Crippen LogP contribution in [0.15, 0.2) is 18.3 Å². The number of aromatic amines is 1. The molecule has 0 saturated carbocycles. The van der Waals surface area contributed by atoms with Gasteiger partial charge >= 0.3 is 0 Å². The highest BCUT2D eigenvalue weighted by Gasteiger charge is 2.20. The molecule has 0 saturated heterocycles. The van der Waals surface area contributed by atoms with E-state index in [4.69, 9.17) is 0 Å². The number of hydrogen-bond donors (Lipinski definition) is 3. The highest BCUT2D eigenvalue weighted by molar-refractivity contribution is 5.15. The van der Waals surface area contributed by atoms with Gasteiger partial charge < -0.3 is 15.6 Å². The van der Waals surface area contributed by atoms with E-state index in [-0.39, 0.29) is 5.41 Å². The molecule has 0 aromatic carbocycles. The van der Waals surface area contributed by atoms with Crippen molar-refractivity contribution in [2.24, 2.45) is 0 Å². The van der Waals surface area contributed by atoms with Gasteiger partial charge in [0.1, 0.15) is 0 Å². The van der Waals surface area contributed by atoms with Gasteiger partial charge in [-0.05, 0) is 19.2 Å². The van der Waals surface area contributed by atoms with Crippen LogP contribution in [0, 0.1) is 0 Å². The minimum atomic E-state index is 0.167. The predicted octanol–water partition coefficient (Wildman–Crippen LogP) is 1.06. The summed E-state index contributed by atoms with van der Waals surface area (Å²) >= 11 is 0. The van der Waals surface area contributed by atoms with Gasteiger partial charge in [0.05, 0.1) is 0 Å². The molecule has 0 atom stereocenters. The van der Waals surface area contributed by atoms with E-state index < -0.39 is 0 Å². The largest absolute Gasteiger partial charge is 0.365 e. The van der Waals surface area contributed by atoms with Crippen molar-refractivity contribution in [2.75, 3.05) is 20.3 Å². The van der Waals surface area contributed by atoms with Gasteiger partial charge in [-0.15, -0.1) is 0 Å². The van der Waals surface area contributed by atoms with Gasteiger partial charge in [0, 0.05) is 30.5 Å². The Bertz CT molecular complexity index is 226. The van der Waals surface area contributed by atoms with Gasteiger partial charge in [0.15, 0.2) is 0 Å². The molecular formula is C10H19N3. The average Bonchev–Trinajstić information content (AvgIpc) is 2.56. The number of aromatic nitrogens is 1. The molecule has 1 aromatic rings. The van der Waals surface area contributed by atoms with E-state index in [0.29, 0.717) is 0 Å². The molecule has 0 aliphatic heterocycles. The SMILES string of the molecule is CNCNCC(C)(C)c1ccc[nH]1. The van der Waals surface area contributed by atoms with Crippen LogP contribution in [0.3, 0.4) is 0 Å². The Labute approximate surface area is 79.9 Å². The summed E-state index contributed by atoms with van der Waals surface area (Å²) in [4.78, 5) is 3.24. The highest BCUT2D eigenvalue weighted by Crippen LogP contribution is 2.19. The van der Waals surface area contributed by atoms with E-state index in [0.717, 1.165) is 13.2 Å². The maximum absolute atomic E-state index is 3.33. The second-order valence-corrected chi connectivity index (χ2v) is 3.92. The number of hydrogen-bond acceptors (Lipinski definition) is 2. The first-order chi connectivity index (χ1) is 6.17. The molecule has 0 spiro atoms. The van der Waals surface area contributed by atoms with Gasteiger partial charge in [-0.3, -0.25) is 0 Å². The van der Waals surface area contributed by atoms with Gasteiger partial charge in [-0.1, -0.05) is 13.8 Å². The summed E-state index contributed by atoms with van der Waals surface area (Å²) in [7, 11) is 1.94. The zero-order chi connectivity index (χ0) is 9.73. The Hall–Kier alpha value is -0.800. The normalized spacial score (nSPS) is 11.9. The third-order valence-electron chi connectivity index (χ3n) is 2.20. The highest BCUT2D eigenvalue weighted by atomic mass is 15.0. The lowest BCUT2D eigenvalue weighted by molar-refractivity contribution is 0.452. The fourth-order valence-electron chi connectivity index (χ4n) is 1.35. The van der Waals surface area contributed by atoms with Gasteiger partial charge in [-0.2, -0.15) is 0 Å². The molecule has 74 valence electrons. The van der Waals surface area contributed by atoms with E-state index in [1.54, 1.807) is 0 Å². The predicted molar refractivity (Wildman–Crippen MR) is 55.7 cm³/mol. The summed E-state index contributed by atoms with van der Waals surface area (Å²) in [6, 6.07) is 4.16. The van der Waals surface area contributed by atoms with Crippen molar-refractivity contribution in [2.45, 2.75) is 19.3 Å². The van der Waals surface area contributed by atoms with Crippen molar-refractivity contribution in [1.82, 2.24) is 15.6 Å². The van der Waals surface area contributed by atoms with Crippen LogP contribution in [0.2, 0.25) is 0 Å². The lowest BCUT2D eigenvalue weighted by Gasteiger charge is -2.23. The summed E-state index contributed by atoms with van der Waals surface area (Å²) < 4.78 is 0. The molecular weight excluding hydrogens is 162 g/mol. The van der Waals surface area contributed by atoms with Crippen molar-refractivity contribution in [3.63, 3.8) is 0 Å². The molecule has 3 N–H and O–H groups in total. The number of rotatable bonds is 5. The molecule has 0 aliphatic carbocycles. The first kappa shape index (κ1) is 10.3. The van der Waals surface area contributed by atoms with Crippen LogP contribution >= 0.6 is 0 Å². The topological polar surface area (TPSA) is 39.8 Å². The maximum atomic E-state index is 3.33. The van der Waals surface area contributed by atoms with Crippen molar-refractivity contribution in [3.05, 3.63) is 24.0 Å². The molecule has 3 nitrogen and oxygen atoms in total. The van der Waals surface area contributed by atoms with E-state index >= 15 is 0 Å². The molecule has 1 heterocycles. The van der Waals surface area contributed by atoms with Crippen molar-refractivity contribution in [3.8, 4) is 0 Å². The Morgan fingerprint density at radius 1 is 1.46 bits per heavy atom. The van der Waals surface area contributed by atoms with Crippen LogP contribution < -0.4 is 10.6 Å². The summed E-state index contributed by atoms with van der Waals surface area (Å²) in [5, 5.41) is 6.40. The Kier molecular flexibility index (Phi) is 3.51. The summed E-state index contributed by atoms with van der Waals surface area (Å²) in [5.41, 5.74) is 1.44. The van der Waals surface area contributed by atoms with Crippen molar-refractivity contribution in [1.29, 1.82) is 0 Å². The minimum Gasteiger partial charge on any atom is -0.365 e. The molecule has 0 amide bonds. The first-order valence-corrected chi connectivity index (χ1v) is 4.66. The summed E-state index contributed by atoms with van der Waals surface area (Å²) in [5.74, 6) is 0. The number of nitrogens with one attached hydrogen (secondary N) is 3. The number of H-pyrrole nitrogens is 1. The molecule has 13 heavy (non-hydrogen) atoms. The monoisotopic (exact) mass is 181 g/mol. The molecule has 1 rings (SSSR count). The van der Waals surface area contributed by atoms with Crippen molar-refractivity contribution < 1.29 is 0 Å². The Morgan fingerprint density at radius 3 is 2.77 bits per heavy atom. The molecule has 3 heteroatoms. The standard InChI is InChI=1S/C10H19N3/c1-10(2,7-12-8-11-3)9-5-4-6-13-9/h4-6,11-13H,7-8H2,1-3H3. The van der Waals surface area contributed by atoms with E-state index in [9.17, 15) is 0 Å². The van der Waals surface area contributed by atoms with Gasteiger partial charge in [-0.25, -0.2) is 0 Å². The zero-order valence-corrected chi connectivity index (χ0v) is 8.65. The van der Waals surface area contributed by atoms with Gasteiger partial charge in [0.25, 0.3) is 0 Å². The van der Waals surface area contributed by atoms with E-state index in [2.05, 4.69) is 35.5 Å². The quantitative estimate of drug-likeness (QED) is 0.469. The van der Waals surface area contributed by atoms with Crippen LogP contribution in [0.25, 0.3) is 0 Å². The van der Waals surface area contributed by atoms with E-state index in [1.165, 1.54) is 5.69 Å². The van der Waals surface area contributed by atoms with Crippen LogP contribution in [-0.4, -0.2) is 25.2 Å². The summed E-state index contributed by atoms with van der Waals surface area (Å²) in [6.07, 6.45) is 1.97. The zero-order valence-electron chi connectivity index (χ0n) is 8.65. The minimum absolute atomic E-state index is 0.167.